The number of benzene rings is 1. The van der Waals surface area contributed by atoms with Crippen LogP contribution in [-0.4, -0.2) is 26.5 Å². The van der Waals surface area contributed by atoms with Crippen LogP contribution in [0.3, 0.4) is 0 Å². The van der Waals surface area contributed by atoms with E-state index in [1.165, 1.54) is 0 Å². The zero-order chi connectivity index (χ0) is 15.4. The van der Waals surface area contributed by atoms with Crippen LogP contribution in [0, 0.1) is 17.8 Å². The highest BCUT2D eigenvalue weighted by molar-refractivity contribution is 5.82. The molecular formula is C18H27NO2. The molecule has 2 rings (SSSR count). The molecule has 1 fully saturated rings. The van der Waals surface area contributed by atoms with Crippen LogP contribution in [0.25, 0.3) is 0 Å². The third-order valence-electron chi connectivity index (χ3n) is 4.74. The number of carbonyl (C=O) groups excluding carboxylic acids is 1. The van der Waals surface area contributed by atoms with Crippen LogP contribution < -0.4 is 9.64 Å². The summed E-state index contributed by atoms with van der Waals surface area (Å²) in [7, 11) is 3.73. The molecule has 21 heavy (non-hydrogen) atoms. The second-order valence-corrected chi connectivity index (χ2v) is 6.49. The molecule has 0 radical (unpaired) electrons. The Labute approximate surface area is 128 Å². The summed E-state index contributed by atoms with van der Waals surface area (Å²) in [6, 6.07) is 7.99. The number of carbonyl (C=O) groups is 1. The van der Waals surface area contributed by atoms with Crippen molar-refractivity contribution in [3.63, 3.8) is 0 Å². The van der Waals surface area contributed by atoms with Crippen LogP contribution in [0.4, 0.5) is 5.69 Å². The van der Waals surface area contributed by atoms with Gasteiger partial charge in [0.1, 0.15) is 11.5 Å². The number of Topliss-reactive ketones (excluding diaryl/α,β-unsaturated/α-hetero) is 1. The number of ketones is 1. The minimum Gasteiger partial charge on any atom is -0.495 e. The highest BCUT2D eigenvalue weighted by Gasteiger charge is 2.31. The average Bonchev–Trinajstić information content (AvgIpc) is 2.49. The summed E-state index contributed by atoms with van der Waals surface area (Å²) in [6.45, 7) is 5.31. The number of anilines is 1. The fourth-order valence-electron chi connectivity index (χ4n) is 3.30. The number of hydrogen-bond acceptors (Lipinski definition) is 3. The van der Waals surface area contributed by atoms with Crippen LogP contribution in [0.2, 0.25) is 0 Å². The molecule has 1 aromatic carbocycles. The van der Waals surface area contributed by atoms with Gasteiger partial charge in [0.15, 0.2) is 0 Å². The second kappa shape index (κ2) is 6.97. The van der Waals surface area contributed by atoms with Gasteiger partial charge in [-0.05, 0) is 36.8 Å². The standard InChI is InChI=1S/C18H27NO2/c1-13(2)14-9-10-17(20)15(11-14)12-19(3)16-7-5-6-8-18(16)21-4/h5-8,13-15H,9-12H2,1-4H3. The molecule has 2 atom stereocenters. The number of para-hydroxylation sites is 2. The first-order valence-electron chi connectivity index (χ1n) is 7.89. The van der Waals surface area contributed by atoms with Gasteiger partial charge in [0.25, 0.3) is 0 Å². The molecule has 0 heterocycles. The molecule has 3 heteroatoms. The lowest BCUT2D eigenvalue weighted by Crippen LogP contribution is -2.36. The summed E-state index contributed by atoms with van der Waals surface area (Å²) in [4.78, 5) is 14.4. The highest BCUT2D eigenvalue weighted by Crippen LogP contribution is 2.34. The fraction of sp³-hybridized carbons (Fsp3) is 0.611. The van der Waals surface area contributed by atoms with E-state index in [-0.39, 0.29) is 5.92 Å². The molecule has 1 aliphatic rings. The molecule has 1 aliphatic carbocycles. The van der Waals surface area contributed by atoms with Gasteiger partial charge >= 0.3 is 0 Å². The smallest absolute Gasteiger partial charge is 0.142 e. The molecule has 0 aromatic heterocycles. The Morgan fingerprint density at radius 2 is 2.05 bits per heavy atom. The summed E-state index contributed by atoms with van der Waals surface area (Å²) in [6.07, 6.45) is 2.83. The maximum absolute atomic E-state index is 12.2. The number of rotatable bonds is 5. The van der Waals surface area contributed by atoms with E-state index in [4.69, 9.17) is 4.74 Å². The summed E-state index contributed by atoms with van der Waals surface area (Å²) >= 11 is 0. The second-order valence-electron chi connectivity index (χ2n) is 6.49. The van der Waals surface area contributed by atoms with Gasteiger partial charge in [-0.2, -0.15) is 0 Å². The van der Waals surface area contributed by atoms with Crippen molar-refractivity contribution in [1.82, 2.24) is 0 Å². The molecule has 3 nitrogen and oxygen atoms in total. The molecule has 0 amide bonds. The quantitative estimate of drug-likeness (QED) is 0.826. The lowest BCUT2D eigenvalue weighted by atomic mass is 9.75. The zero-order valence-electron chi connectivity index (χ0n) is 13.6. The van der Waals surface area contributed by atoms with E-state index in [9.17, 15) is 4.79 Å². The van der Waals surface area contributed by atoms with Crippen molar-refractivity contribution in [3.05, 3.63) is 24.3 Å². The average molecular weight is 289 g/mol. The Morgan fingerprint density at radius 3 is 2.71 bits per heavy atom. The van der Waals surface area contributed by atoms with Crippen molar-refractivity contribution in [3.8, 4) is 5.75 Å². The minimum absolute atomic E-state index is 0.154. The van der Waals surface area contributed by atoms with Crippen molar-refractivity contribution in [2.45, 2.75) is 33.1 Å². The number of ether oxygens (including phenoxy) is 1. The van der Waals surface area contributed by atoms with Gasteiger partial charge in [-0.3, -0.25) is 4.79 Å². The Hall–Kier alpha value is -1.51. The predicted molar refractivity (Wildman–Crippen MR) is 86.9 cm³/mol. The molecule has 1 saturated carbocycles. The summed E-state index contributed by atoms with van der Waals surface area (Å²) in [5, 5.41) is 0. The van der Waals surface area contributed by atoms with Crippen molar-refractivity contribution in [2.24, 2.45) is 17.8 Å². The molecule has 0 saturated heterocycles. The number of methoxy groups -OCH3 is 1. The molecule has 0 bridgehead atoms. The molecule has 0 spiro atoms. The molecule has 1 aromatic rings. The third kappa shape index (κ3) is 3.78. The van der Waals surface area contributed by atoms with Crippen LogP contribution in [0.15, 0.2) is 24.3 Å². The van der Waals surface area contributed by atoms with E-state index >= 15 is 0 Å². The van der Waals surface area contributed by atoms with Crippen molar-refractivity contribution >= 4 is 11.5 Å². The SMILES string of the molecule is COc1ccccc1N(C)CC1CC(C(C)C)CCC1=O. The van der Waals surface area contributed by atoms with Crippen LogP contribution in [0.5, 0.6) is 5.75 Å². The van der Waals surface area contributed by atoms with Gasteiger partial charge < -0.3 is 9.64 Å². The Kier molecular flexibility index (Phi) is 5.27. The first kappa shape index (κ1) is 15.9. The van der Waals surface area contributed by atoms with E-state index in [2.05, 4.69) is 18.7 Å². The number of hydrogen-bond donors (Lipinski definition) is 0. The third-order valence-corrected chi connectivity index (χ3v) is 4.74. The molecule has 0 aliphatic heterocycles. The molecule has 0 N–H and O–H groups in total. The Morgan fingerprint density at radius 1 is 1.33 bits per heavy atom. The van der Waals surface area contributed by atoms with E-state index < -0.39 is 0 Å². The minimum atomic E-state index is 0.154. The maximum Gasteiger partial charge on any atom is 0.142 e. The lowest BCUT2D eigenvalue weighted by molar-refractivity contribution is -0.125. The van der Waals surface area contributed by atoms with Gasteiger partial charge in [0.05, 0.1) is 12.8 Å². The van der Waals surface area contributed by atoms with Gasteiger partial charge in [-0.25, -0.2) is 0 Å². The zero-order valence-corrected chi connectivity index (χ0v) is 13.6. The highest BCUT2D eigenvalue weighted by atomic mass is 16.5. The van der Waals surface area contributed by atoms with Crippen molar-refractivity contribution in [2.75, 3.05) is 25.6 Å². The molecular weight excluding hydrogens is 262 g/mol. The van der Waals surface area contributed by atoms with Gasteiger partial charge in [0.2, 0.25) is 0 Å². The van der Waals surface area contributed by atoms with Crippen LogP contribution in [-0.2, 0) is 4.79 Å². The van der Waals surface area contributed by atoms with Crippen LogP contribution in [0.1, 0.15) is 33.1 Å². The molecule has 116 valence electrons. The van der Waals surface area contributed by atoms with E-state index in [0.717, 1.165) is 37.2 Å². The van der Waals surface area contributed by atoms with E-state index in [0.29, 0.717) is 17.6 Å². The predicted octanol–water partition coefficient (Wildman–Crippen LogP) is 3.77. The summed E-state index contributed by atoms with van der Waals surface area (Å²) < 4.78 is 5.42. The summed E-state index contributed by atoms with van der Waals surface area (Å²) in [5.74, 6) is 2.79. The maximum atomic E-state index is 12.2. The monoisotopic (exact) mass is 289 g/mol. The van der Waals surface area contributed by atoms with E-state index in [1.54, 1.807) is 7.11 Å². The largest absolute Gasteiger partial charge is 0.495 e. The number of nitrogens with zero attached hydrogens (tertiary/aromatic N) is 1. The van der Waals surface area contributed by atoms with Gasteiger partial charge in [-0.15, -0.1) is 0 Å². The van der Waals surface area contributed by atoms with Gasteiger partial charge in [-0.1, -0.05) is 26.0 Å². The topological polar surface area (TPSA) is 29.5 Å². The molecule has 2 unspecified atom stereocenters. The fourth-order valence-corrected chi connectivity index (χ4v) is 3.30. The first-order valence-corrected chi connectivity index (χ1v) is 7.89. The van der Waals surface area contributed by atoms with Crippen molar-refractivity contribution in [1.29, 1.82) is 0 Å². The normalized spacial score (nSPS) is 22.4. The van der Waals surface area contributed by atoms with E-state index in [1.807, 2.05) is 31.3 Å². The lowest BCUT2D eigenvalue weighted by Gasteiger charge is -2.33. The van der Waals surface area contributed by atoms with Gasteiger partial charge in [0, 0.05) is 25.9 Å². The van der Waals surface area contributed by atoms with Crippen LogP contribution >= 0.6 is 0 Å². The Bertz CT molecular complexity index is 484. The van der Waals surface area contributed by atoms with Crippen molar-refractivity contribution < 1.29 is 9.53 Å². The summed E-state index contributed by atoms with van der Waals surface area (Å²) in [5.41, 5.74) is 1.06. The first-order chi connectivity index (χ1) is 10.0. The Balaban J connectivity index is 2.07.